The van der Waals surface area contributed by atoms with Crippen molar-refractivity contribution in [2.24, 2.45) is 11.8 Å². The highest BCUT2D eigenvalue weighted by molar-refractivity contribution is 7.99. The second-order valence-electron chi connectivity index (χ2n) is 9.70. The van der Waals surface area contributed by atoms with Crippen molar-refractivity contribution >= 4 is 28.6 Å². The number of thioether (sulfide) groups is 1. The maximum absolute atomic E-state index is 15.5. The summed E-state index contributed by atoms with van der Waals surface area (Å²) in [6.45, 7) is 4.72. The molecule has 0 spiro atoms. The van der Waals surface area contributed by atoms with Gasteiger partial charge in [-0.2, -0.15) is 0 Å². The number of fused-ring (bicyclic) bond motifs is 1. The Morgan fingerprint density at radius 1 is 1.25 bits per heavy atom. The number of hydrogen-bond donors (Lipinski definition) is 1. The summed E-state index contributed by atoms with van der Waals surface area (Å²) in [7, 11) is 1.60. The average molecular weight is 511 g/mol. The van der Waals surface area contributed by atoms with Gasteiger partial charge in [0.25, 0.3) is 0 Å². The van der Waals surface area contributed by atoms with Gasteiger partial charge in [0.2, 0.25) is 0 Å². The summed E-state index contributed by atoms with van der Waals surface area (Å²) in [4.78, 5) is 19.6. The van der Waals surface area contributed by atoms with Gasteiger partial charge >= 0.3 is 5.97 Å². The highest BCUT2D eigenvalue weighted by Crippen LogP contribution is 2.36. The fraction of sp³-hybridized carbons (Fsp3) is 0.448. The maximum Gasteiger partial charge on any atom is 0.303 e. The van der Waals surface area contributed by atoms with Crippen molar-refractivity contribution in [2.75, 3.05) is 32.5 Å². The van der Waals surface area contributed by atoms with Crippen LogP contribution in [0, 0.1) is 18.8 Å². The lowest BCUT2D eigenvalue weighted by Crippen LogP contribution is -2.42. The number of piperidine rings is 1. The van der Waals surface area contributed by atoms with Gasteiger partial charge in [-0.15, -0.1) is 11.8 Å². The minimum absolute atomic E-state index is 0.0432. The lowest BCUT2D eigenvalue weighted by Gasteiger charge is -2.38. The number of carboxylic acids is 1. The van der Waals surface area contributed by atoms with E-state index in [0.717, 1.165) is 42.7 Å². The second kappa shape index (κ2) is 12.5. The fourth-order valence-corrected chi connectivity index (χ4v) is 6.28. The molecule has 5 nitrogen and oxygen atoms in total. The molecular weight excluding hydrogens is 475 g/mol. The van der Waals surface area contributed by atoms with E-state index >= 15 is 4.39 Å². The first-order chi connectivity index (χ1) is 17.4. The van der Waals surface area contributed by atoms with Crippen molar-refractivity contribution in [3.63, 3.8) is 0 Å². The van der Waals surface area contributed by atoms with Crippen molar-refractivity contribution in [3.05, 3.63) is 65.9 Å². The van der Waals surface area contributed by atoms with Crippen LogP contribution in [0.3, 0.4) is 0 Å². The molecule has 1 aromatic heterocycles. The average Bonchev–Trinajstić information content (AvgIpc) is 2.87. The summed E-state index contributed by atoms with van der Waals surface area (Å²) in [5.74, 6) is 1.13. The van der Waals surface area contributed by atoms with Gasteiger partial charge in [0.05, 0.1) is 12.6 Å². The van der Waals surface area contributed by atoms with E-state index in [9.17, 15) is 9.90 Å². The topological polar surface area (TPSA) is 62.7 Å². The van der Waals surface area contributed by atoms with Crippen molar-refractivity contribution in [1.82, 2.24) is 9.88 Å². The molecule has 0 saturated carbocycles. The number of aryl methyl sites for hydroxylation is 1. The quantitative estimate of drug-likeness (QED) is 0.295. The number of aliphatic carboxylic acids is 1. The molecule has 0 aliphatic carbocycles. The highest BCUT2D eigenvalue weighted by Gasteiger charge is 2.31. The first-order valence-corrected chi connectivity index (χ1v) is 13.6. The number of alkyl halides is 1. The number of hydrogen-bond acceptors (Lipinski definition) is 5. The van der Waals surface area contributed by atoms with Crippen molar-refractivity contribution in [3.8, 4) is 5.75 Å². The Bertz CT molecular complexity index is 1170. The number of carboxylic acid groups (broad SMARTS) is 1. The number of pyridine rings is 1. The lowest BCUT2D eigenvalue weighted by atomic mass is 9.79. The molecule has 3 aromatic rings. The molecule has 36 heavy (non-hydrogen) atoms. The monoisotopic (exact) mass is 510 g/mol. The van der Waals surface area contributed by atoms with Crippen LogP contribution in [0.1, 0.15) is 43.0 Å². The number of benzene rings is 2. The number of ether oxygens (including phenoxy) is 1. The minimum Gasteiger partial charge on any atom is -0.497 e. The second-order valence-corrected chi connectivity index (χ2v) is 10.9. The van der Waals surface area contributed by atoms with E-state index in [1.807, 2.05) is 30.0 Å². The molecule has 192 valence electrons. The summed E-state index contributed by atoms with van der Waals surface area (Å²) in [6.07, 6.45) is 2.62. The predicted molar refractivity (Wildman–Crippen MR) is 144 cm³/mol. The SMILES string of the molecule is COc1ccc2nccc([C@@H](F)CC[C@@H]3CCN(CCSc4cccc(C)c4)C[C@@H]3CC(=O)O)c2c1. The van der Waals surface area contributed by atoms with E-state index in [4.69, 9.17) is 4.74 Å². The molecule has 0 radical (unpaired) electrons. The Morgan fingerprint density at radius 3 is 2.89 bits per heavy atom. The van der Waals surface area contributed by atoms with Crippen LogP contribution in [0.25, 0.3) is 10.9 Å². The van der Waals surface area contributed by atoms with Crippen LogP contribution in [0.2, 0.25) is 0 Å². The molecular formula is C29H35FN2O3S. The molecule has 1 aliphatic heterocycles. The smallest absolute Gasteiger partial charge is 0.303 e. The third kappa shape index (κ3) is 6.98. The molecule has 1 N–H and O–H groups in total. The zero-order chi connectivity index (χ0) is 25.5. The first kappa shape index (κ1) is 26.4. The fourth-order valence-electron chi connectivity index (χ4n) is 5.26. The molecule has 0 amide bonds. The van der Waals surface area contributed by atoms with Gasteiger partial charge in [0.1, 0.15) is 11.9 Å². The standard InChI is InChI=1S/C29H35FN2O3S/c1-20-4-3-5-24(16-20)36-15-14-32-13-11-21(22(19-32)17-29(33)34)6-8-27(30)25-10-12-31-28-9-7-23(35-2)18-26(25)28/h3-5,7,9-10,12,16,18,21-22,27H,6,8,11,13-15,17,19H2,1-2H3,(H,33,34)/t21-,22+,27+/m1/s1. The Kier molecular flexibility index (Phi) is 9.21. The van der Waals surface area contributed by atoms with Gasteiger partial charge in [-0.1, -0.05) is 17.7 Å². The normalized spacial score (nSPS) is 19.3. The summed E-state index contributed by atoms with van der Waals surface area (Å²) in [5.41, 5.74) is 2.63. The summed E-state index contributed by atoms with van der Waals surface area (Å²) >= 11 is 1.84. The van der Waals surface area contributed by atoms with Crippen molar-refractivity contribution in [2.45, 2.75) is 43.7 Å². The van der Waals surface area contributed by atoms with Gasteiger partial charge in [-0.25, -0.2) is 4.39 Å². The Hall–Kier alpha value is -2.64. The number of carbonyl (C=O) groups is 1. The molecule has 0 bridgehead atoms. The van der Waals surface area contributed by atoms with E-state index < -0.39 is 12.1 Å². The van der Waals surface area contributed by atoms with Gasteiger partial charge in [0.15, 0.2) is 0 Å². The van der Waals surface area contributed by atoms with Crippen LogP contribution in [0.15, 0.2) is 59.6 Å². The van der Waals surface area contributed by atoms with Gasteiger partial charge < -0.3 is 14.7 Å². The number of aromatic nitrogens is 1. The molecule has 4 rings (SSSR count). The van der Waals surface area contributed by atoms with E-state index in [0.29, 0.717) is 24.2 Å². The van der Waals surface area contributed by atoms with Crippen molar-refractivity contribution in [1.29, 1.82) is 0 Å². The molecule has 3 atom stereocenters. The zero-order valence-corrected chi connectivity index (χ0v) is 21.8. The molecule has 1 aliphatic rings. The van der Waals surface area contributed by atoms with Crippen LogP contribution < -0.4 is 4.74 Å². The zero-order valence-electron chi connectivity index (χ0n) is 21.0. The predicted octanol–water partition coefficient (Wildman–Crippen LogP) is 6.55. The van der Waals surface area contributed by atoms with E-state index in [2.05, 4.69) is 41.1 Å². The van der Waals surface area contributed by atoms with Crippen LogP contribution in [0.4, 0.5) is 4.39 Å². The molecule has 2 aromatic carbocycles. The molecule has 0 unspecified atom stereocenters. The minimum atomic E-state index is -1.13. The molecule has 7 heteroatoms. The number of likely N-dealkylation sites (tertiary alicyclic amines) is 1. The van der Waals surface area contributed by atoms with Gasteiger partial charge in [0, 0.05) is 41.7 Å². The Morgan fingerprint density at radius 2 is 2.11 bits per heavy atom. The summed E-state index contributed by atoms with van der Waals surface area (Å²) < 4.78 is 20.8. The lowest BCUT2D eigenvalue weighted by molar-refractivity contribution is -0.139. The largest absolute Gasteiger partial charge is 0.497 e. The number of methoxy groups -OCH3 is 1. The maximum atomic E-state index is 15.5. The summed E-state index contributed by atoms with van der Waals surface area (Å²) in [5, 5.41) is 10.3. The molecule has 1 fully saturated rings. The van der Waals surface area contributed by atoms with Crippen LogP contribution in [0.5, 0.6) is 5.75 Å². The van der Waals surface area contributed by atoms with E-state index in [1.54, 1.807) is 19.4 Å². The number of halogens is 1. The van der Waals surface area contributed by atoms with Crippen LogP contribution in [-0.4, -0.2) is 53.5 Å². The third-order valence-electron chi connectivity index (χ3n) is 7.19. The number of rotatable bonds is 11. The van der Waals surface area contributed by atoms with Crippen molar-refractivity contribution < 1.29 is 19.0 Å². The molecule has 2 heterocycles. The molecule has 1 saturated heterocycles. The summed E-state index contributed by atoms with van der Waals surface area (Å²) in [6, 6.07) is 15.8. The first-order valence-electron chi connectivity index (χ1n) is 12.6. The van der Waals surface area contributed by atoms with E-state index in [-0.39, 0.29) is 18.3 Å². The number of nitrogens with zero attached hydrogens (tertiary/aromatic N) is 2. The van der Waals surface area contributed by atoms with Crippen LogP contribution in [-0.2, 0) is 4.79 Å². The van der Waals surface area contributed by atoms with Gasteiger partial charge in [-0.05, 0) is 86.5 Å². The highest BCUT2D eigenvalue weighted by atomic mass is 32.2. The van der Waals surface area contributed by atoms with Gasteiger partial charge in [-0.3, -0.25) is 9.78 Å². The Labute approximate surface area is 217 Å². The Balaban J connectivity index is 1.34. The van der Waals surface area contributed by atoms with Crippen LogP contribution >= 0.6 is 11.8 Å². The third-order valence-corrected chi connectivity index (χ3v) is 8.16. The van der Waals surface area contributed by atoms with E-state index in [1.165, 1.54) is 10.5 Å².